The fraction of sp³-hybridized carbons (Fsp3) is 0.889. The molecule has 0 saturated heterocycles. The number of carbonyl (C=O) groups excluding carboxylic acids is 1. The van der Waals surface area contributed by atoms with Crippen molar-refractivity contribution in [2.75, 3.05) is 0 Å². The summed E-state index contributed by atoms with van der Waals surface area (Å²) in [6, 6.07) is 0. The minimum atomic E-state index is -0.102. The van der Waals surface area contributed by atoms with Crippen molar-refractivity contribution >= 4 is 21.8 Å². The smallest absolute Gasteiger partial charge is 0.233 e. The monoisotopic (exact) mass is 235 g/mol. The molecule has 0 saturated carbocycles. The Bertz CT molecular complexity index is 153. The molecule has 0 spiro atoms. The van der Waals surface area contributed by atoms with E-state index in [-0.39, 0.29) is 16.3 Å². The number of alkyl halides is 1. The highest BCUT2D eigenvalue weighted by Gasteiger charge is 2.23. The normalized spacial score (nSPS) is 14.1. The van der Waals surface area contributed by atoms with Crippen LogP contribution in [-0.2, 0) is 4.79 Å². The molecular weight excluding hydrogens is 218 g/mol. The first kappa shape index (κ1) is 11.9. The molecule has 0 radical (unpaired) electrons. The van der Waals surface area contributed by atoms with Crippen molar-refractivity contribution in [3.8, 4) is 0 Å². The Balaban J connectivity index is 4.12. The average molecular weight is 236 g/mol. The number of rotatable bonds is 4. The largest absolute Gasteiger partial charge is 0.350 e. The lowest BCUT2D eigenvalue weighted by Gasteiger charge is -2.28. The Kier molecular flexibility index (Phi) is 4.83. The summed E-state index contributed by atoms with van der Waals surface area (Å²) in [5.74, 6) is 0.0706. The number of carbonyl (C=O) groups is 1. The molecule has 1 N–H and O–H groups in total. The zero-order chi connectivity index (χ0) is 9.78. The van der Waals surface area contributed by atoms with Gasteiger partial charge in [-0.05, 0) is 26.7 Å². The summed E-state index contributed by atoms with van der Waals surface area (Å²) >= 11 is 3.24. The Morgan fingerprint density at radius 2 is 1.92 bits per heavy atom. The third-order valence-electron chi connectivity index (χ3n) is 2.35. The van der Waals surface area contributed by atoms with Crippen LogP contribution in [0.3, 0.4) is 0 Å². The van der Waals surface area contributed by atoms with E-state index in [1.165, 1.54) is 0 Å². The zero-order valence-electron chi connectivity index (χ0n) is 8.28. The summed E-state index contributed by atoms with van der Waals surface area (Å²) in [6.07, 6.45) is 1.93. The molecule has 0 aromatic rings. The Hall–Kier alpha value is -0.0500. The lowest BCUT2D eigenvalue weighted by molar-refractivity contribution is -0.122. The van der Waals surface area contributed by atoms with Gasteiger partial charge in [0.1, 0.15) is 0 Å². The molecular formula is C9H18BrNO. The van der Waals surface area contributed by atoms with Gasteiger partial charge in [-0.2, -0.15) is 0 Å². The third-order valence-corrected chi connectivity index (χ3v) is 2.76. The molecule has 1 atom stereocenters. The van der Waals surface area contributed by atoms with Gasteiger partial charge in [0.25, 0.3) is 0 Å². The summed E-state index contributed by atoms with van der Waals surface area (Å²) in [5.41, 5.74) is -0.0425. The predicted molar refractivity (Wildman–Crippen MR) is 55.5 cm³/mol. The Morgan fingerprint density at radius 3 is 2.17 bits per heavy atom. The van der Waals surface area contributed by atoms with Gasteiger partial charge in [0, 0.05) is 5.54 Å². The molecule has 0 rings (SSSR count). The van der Waals surface area contributed by atoms with Crippen molar-refractivity contribution in [3.63, 3.8) is 0 Å². The quantitative estimate of drug-likeness (QED) is 0.746. The van der Waals surface area contributed by atoms with Crippen LogP contribution in [0, 0.1) is 0 Å². The van der Waals surface area contributed by atoms with Gasteiger partial charge in [-0.25, -0.2) is 0 Å². The first-order chi connectivity index (χ1) is 5.45. The van der Waals surface area contributed by atoms with Crippen LogP contribution in [0.1, 0.15) is 40.5 Å². The number of hydrogen-bond donors (Lipinski definition) is 1. The number of nitrogens with one attached hydrogen (secondary N) is 1. The minimum absolute atomic E-state index is 0.0425. The van der Waals surface area contributed by atoms with Crippen LogP contribution in [0.5, 0.6) is 0 Å². The van der Waals surface area contributed by atoms with Gasteiger partial charge < -0.3 is 5.32 Å². The SMILES string of the molecule is CCC(C)(CC)NC(=O)C(C)Br. The lowest BCUT2D eigenvalue weighted by Crippen LogP contribution is -2.47. The van der Waals surface area contributed by atoms with E-state index in [4.69, 9.17) is 0 Å². The summed E-state index contributed by atoms with van der Waals surface area (Å²) < 4.78 is 0. The van der Waals surface area contributed by atoms with Gasteiger partial charge in [0.05, 0.1) is 4.83 Å². The molecule has 1 unspecified atom stereocenters. The fourth-order valence-electron chi connectivity index (χ4n) is 0.824. The standard InChI is InChI=1S/C9H18BrNO/c1-5-9(4,6-2)11-8(12)7(3)10/h7H,5-6H2,1-4H3,(H,11,12). The number of hydrogen-bond acceptors (Lipinski definition) is 1. The van der Waals surface area contributed by atoms with E-state index in [1.54, 1.807) is 0 Å². The maximum absolute atomic E-state index is 11.3. The van der Waals surface area contributed by atoms with Crippen molar-refractivity contribution < 1.29 is 4.79 Å². The lowest BCUT2D eigenvalue weighted by atomic mass is 9.95. The van der Waals surface area contributed by atoms with Crippen LogP contribution < -0.4 is 5.32 Å². The highest BCUT2D eigenvalue weighted by molar-refractivity contribution is 9.10. The first-order valence-corrected chi connectivity index (χ1v) is 5.33. The topological polar surface area (TPSA) is 29.1 Å². The zero-order valence-corrected chi connectivity index (χ0v) is 9.86. The predicted octanol–water partition coefficient (Wildman–Crippen LogP) is 2.46. The van der Waals surface area contributed by atoms with E-state index in [9.17, 15) is 4.79 Å². The van der Waals surface area contributed by atoms with E-state index < -0.39 is 0 Å². The Labute approximate surface area is 83.2 Å². The van der Waals surface area contributed by atoms with Crippen LogP contribution in [0.2, 0.25) is 0 Å². The second-order valence-corrected chi connectivity index (χ2v) is 4.75. The van der Waals surface area contributed by atoms with Crippen molar-refractivity contribution in [2.24, 2.45) is 0 Å². The summed E-state index contributed by atoms with van der Waals surface area (Å²) in [7, 11) is 0. The molecule has 0 aromatic carbocycles. The highest BCUT2D eigenvalue weighted by Crippen LogP contribution is 2.14. The van der Waals surface area contributed by atoms with Crippen LogP contribution in [0.25, 0.3) is 0 Å². The van der Waals surface area contributed by atoms with Crippen molar-refractivity contribution in [3.05, 3.63) is 0 Å². The molecule has 0 aliphatic rings. The molecule has 0 bridgehead atoms. The van der Waals surface area contributed by atoms with Crippen molar-refractivity contribution in [1.29, 1.82) is 0 Å². The van der Waals surface area contributed by atoms with Crippen LogP contribution in [0.15, 0.2) is 0 Å². The maximum atomic E-state index is 11.3. The molecule has 0 heterocycles. The molecule has 3 heteroatoms. The molecule has 0 fully saturated rings. The van der Waals surface area contributed by atoms with E-state index >= 15 is 0 Å². The minimum Gasteiger partial charge on any atom is -0.350 e. The van der Waals surface area contributed by atoms with Gasteiger partial charge in [-0.15, -0.1) is 0 Å². The Morgan fingerprint density at radius 1 is 1.50 bits per heavy atom. The van der Waals surface area contributed by atoms with Gasteiger partial charge in [-0.1, -0.05) is 29.8 Å². The summed E-state index contributed by atoms with van der Waals surface area (Å²) in [4.78, 5) is 11.2. The van der Waals surface area contributed by atoms with Gasteiger partial charge in [0.2, 0.25) is 5.91 Å². The van der Waals surface area contributed by atoms with Crippen molar-refractivity contribution in [2.45, 2.75) is 50.9 Å². The van der Waals surface area contributed by atoms with Crippen LogP contribution >= 0.6 is 15.9 Å². The number of amides is 1. The summed E-state index contributed by atoms with van der Waals surface area (Å²) in [6.45, 7) is 8.08. The molecule has 2 nitrogen and oxygen atoms in total. The number of halogens is 1. The highest BCUT2D eigenvalue weighted by atomic mass is 79.9. The van der Waals surface area contributed by atoms with Gasteiger partial charge in [0.15, 0.2) is 0 Å². The molecule has 0 aliphatic heterocycles. The first-order valence-electron chi connectivity index (χ1n) is 4.41. The van der Waals surface area contributed by atoms with E-state index in [0.717, 1.165) is 12.8 Å². The average Bonchev–Trinajstić information content (AvgIpc) is 2.04. The van der Waals surface area contributed by atoms with E-state index in [0.29, 0.717) is 0 Å². The summed E-state index contributed by atoms with van der Waals surface area (Å²) in [5, 5.41) is 3.01. The molecule has 0 aromatic heterocycles. The second-order valence-electron chi connectivity index (χ2n) is 3.37. The van der Waals surface area contributed by atoms with Crippen molar-refractivity contribution in [1.82, 2.24) is 5.32 Å². The second kappa shape index (κ2) is 4.85. The fourth-order valence-corrected chi connectivity index (χ4v) is 0.938. The van der Waals surface area contributed by atoms with Gasteiger partial charge in [-0.3, -0.25) is 4.79 Å². The maximum Gasteiger partial charge on any atom is 0.233 e. The van der Waals surface area contributed by atoms with Crippen LogP contribution in [-0.4, -0.2) is 16.3 Å². The van der Waals surface area contributed by atoms with E-state index in [2.05, 4.69) is 42.0 Å². The van der Waals surface area contributed by atoms with Gasteiger partial charge >= 0.3 is 0 Å². The molecule has 1 amide bonds. The molecule has 0 aliphatic carbocycles. The molecule has 72 valence electrons. The molecule has 12 heavy (non-hydrogen) atoms. The van der Waals surface area contributed by atoms with E-state index in [1.807, 2.05) is 6.92 Å². The third kappa shape index (κ3) is 3.57. The van der Waals surface area contributed by atoms with Crippen LogP contribution in [0.4, 0.5) is 0 Å².